The van der Waals surface area contributed by atoms with Crippen LogP contribution in [0.1, 0.15) is 39.0 Å². The van der Waals surface area contributed by atoms with Crippen molar-refractivity contribution in [3.63, 3.8) is 0 Å². The molecule has 4 heteroatoms. The van der Waals surface area contributed by atoms with Gasteiger partial charge in [-0.3, -0.25) is 0 Å². The van der Waals surface area contributed by atoms with Gasteiger partial charge in [-0.25, -0.2) is 4.79 Å². The van der Waals surface area contributed by atoms with Crippen LogP contribution < -0.4 is 16.4 Å². The summed E-state index contributed by atoms with van der Waals surface area (Å²) in [4.78, 5) is 11.4. The second-order valence-corrected chi connectivity index (χ2v) is 4.07. The smallest absolute Gasteiger partial charge is 0.315 e. The summed E-state index contributed by atoms with van der Waals surface area (Å²) in [5.41, 5.74) is 5.53. The molecule has 0 aromatic carbocycles. The standard InChI is InChI=1S/C10H21N3O/c1-2-3-7-12-9(14)13-10(8-11)5-4-6-10/h2-8,11H2,1H3,(H2,12,13,14). The van der Waals surface area contributed by atoms with Crippen LogP contribution in [-0.4, -0.2) is 24.7 Å². The molecule has 4 N–H and O–H groups in total. The maximum absolute atomic E-state index is 11.4. The number of amides is 2. The van der Waals surface area contributed by atoms with Crippen LogP contribution in [0.2, 0.25) is 0 Å². The van der Waals surface area contributed by atoms with Crippen molar-refractivity contribution in [2.75, 3.05) is 13.1 Å². The van der Waals surface area contributed by atoms with E-state index in [2.05, 4.69) is 17.6 Å². The topological polar surface area (TPSA) is 67.2 Å². The summed E-state index contributed by atoms with van der Waals surface area (Å²) in [7, 11) is 0. The van der Waals surface area contributed by atoms with Crippen LogP contribution in [0.3, 0.4) is 0 Å². The molecule has 1 aliphatic carbocycles. The summed E-state index contributed by atoms with van der Waals surface area (Å²) in [6, 6.07) is -0.0661. The molecule has 1 rings (SSSR count). The summed E-state index contributed by atoms with van der Waals surface area (Å²) in [5.74, 6) is 0. The van der Waals surface area contributed by atoms with Crippen LogP contribution in [0.5, 0.6) is 0 Å². The third kappa shape index (κ3) is 2.87. The average Bonchev–Trinajstić information content (AvgIpc) is 2.12. The highest BCUT2D eigenvalue weighted by molar-refractivity contribution is 5.74. The average molecular weight is 199 g/mol. The molecule has 82 valence electrons. The molecule has 1 saturated carbocycles. The Morgan fingerprint density at radius 2 is 2.21 bits per heavy atom. The number of unbranched alkanes of at least 4 members (excludes halogenated alkanes) is 1. The molecular weight excluding hydrogens is 178 g/mol. The molecule has 4 nitrogen and oxygen atoms in total. The van der Waals surface area contributed by atoms with E-state index in [9.17, 15) is 4.79 Å². The molecule has 0 spiro atoms. The second kappa shape index (κ2) is 5.20. The van der Waals surface area contributed by atoms with Crippen LogP contribution in [0, 0.1) is 0 Å². The van der Waals surface area contributed by atoms with E-state index < -0.39 is 0 Å². The van der Waals surface area contributed by atoms with Gasteiger partial charge in [0.1, 0.15) is 0 Å². The number of rotatable bonds is 5. The molecule has 0 bridgehead atoms. The Morgan fingerprint density at radius 1 is 1.50 bits per heavy atom. The maximum Gasteiger partial charge on any atom is 0.315 e. The molecule has 14 heavy (non-hydrogen) atoms. The van der Waals surface area contributed by atoms with E-state index in [0.29, 0.717) is 6.54 Å². The van der Waals surface area contributed by atoms with Gasteiger partial charge in [0.2, 0.25) is 0 Å². The first-order valence-electron chi connectivity index (χ1n) is 5.48. The molecule has 0 unspecified atom stereocenters. The summed E-state index contributed by atoms with van der Waals surface area (Å²) in [6.07, 6.45) is 5.34. The number of carbonyl (C=O) groups is 1. The van der Waals surface area contributed by atoms with Crippen LogP contribution in [0.15, 0.2) is 0 Å². The first-order valence-corrected chi connectivity index (χ1v) is 5.48. The van der Waals surface area contributed by atoms with Crippen molar-refractivity contribution < 1.29 is 4.79 Å². The minimum atomic E-state index is -0.101. The number of carbonyl (C=O) groups excluding carboxylic acids is 1. The fourth-order valence-electron chi connectivity index (χ4n) is 1.65. The molecular formula is C10H21N3O. The number of hydrogen-bond acceptors (Lipinski definition) is 2. The number of hydrogen-bond donors (Lipinski definition) is 3. The lowest BCUT2D eigenvalue weighted by Crippen LogP contribution is -2.60. The van der Waals surface area contributed by atoms with E-state index in [1.54, 1.807) is 0 Å². The summed E-state index contributed by atoms with van der Waals surface area (Å²) < 4.78 is 0. The van der Waals surface area contributed by atoms with Gasteiger partial charge in [-0.05, 0) is 25.7 Å². The van der Waals surface area contributed by atoms with E-state index in [-0.39, 0.29) is 11.6 Å². The van der Waals surface area contributed by atoms with Crippen molar-refractivity contribution in [1.29, 1.82) is 0 Å². The van der Waals surface area contributed by atoms with Crippen molar-refractivity contribution in [3.8, 4) is 0 Å². The molecule has 0 atom stereocenters. The van der Waals surface area contributed by atoms with Gasteiger partial charge in [-0.2, -0.15) is 0 Å². The third-order valence-electron chi connectivity index (χ3n) is 2.90. The van der Waals surface area contributed by atoms with Crippen molar-refractivity contribution in [2.24, 2.45) is 5.73 Å². The number of nitrogens with two attached hydrogens (primary N) is 1. The van der Waals surface area contributed by atoms with E-state index in [1.807, 2.05) is 0 Å². The minimum absolute atomic E-state index is 0.0661. The third-order valence-corrected chi connectivity index (χ3v) is 2.90. The normalized spacial score (nSPS) is 18.4. The van der Waals surface area contributed by atoms with Crippen molar-refractivity contribution in [3.05, 3.63) is 0 Å². The van der Waals surface area contributed by atoms with Gasteiger partial charge in [0.05, 0.1) is 5.54 Å². The van der Waals surface area contributed by atoms with Crippen LogP contribution >= 0.6 is 0 Å². The first kappa shape index (κ1) is 11.3. The van der Waals surface area contributed by atoms with Gasteiger partial charge >= 0.3 is 6.03 Å². The summed E-state index contributed by atoms with van der Waals surface area (Å²) in [6.45, 7) is 3.41. The Balaban J connectivity index is 2.18. The monoisotopic (exact) mass is 199 g/mol. The fraction of sp³-hybridized carbons (Fsp3) is 0.900. The maximum atomic E-state index is 11.4. The van der Waals surface area contributed by atoms with Gasteiger partial charge in [0.25, 0.3) is 0 Å². The van der Waals surface area contributed by atoms with Crippen molar-refractivity contribution >= 4 is 6.03 Å². The highest BCUT2D eigenvalue weighted by Gasteiger charge is 2.36. The molecule has 0 aromatic rings. The Kier molecular flexibility index (Phi) is 4.20. The Labute approximate surface area is 85.6 Å². The molecule has 0 aliphatic heterocycles. The van der Waals surface area contributed by atoms with E-state index in [4.69, 9.17) is 5.73 Å². The first-order chi connectivity index (χ1) is 6.72. The Hall–Kier alpha value is -0.770. The molecule has 0 radical (unpaired) electrons. The summed E-state index contributed by atoms with van der Waals surface area (Å²) in [5, 5.41) is 5.80. The van der Waals surface area contributed by atoms with Crippen LogP contribution in [-0.2, 0) is 0 Å². The zero-order valence-electron chi connectivity index (χ0n) is 8.94. The molecule has 2 amide bonds. The quantitative estimate of drug-likeness (QED) is 0.577. The predicted molar refractivity (Wildman–Crippen MR) is 57.1 cm³/mol. The number of urea groups is 1. The summed E-state index contributed by atoms with van der Waals surface area (Å²) >= 11 is 0. The van der Waals surface area contributed by atoms with E-state index >= 15 is 0 Å². The minimum Gasteiger partial charge on any atom is -0.338 e. The van der Waals surface area contributed by atoms with Crippen LogP contribution in [0.25, 0.3) is 0 Å². The molecule has 1 aliphatic rings. The Bertz CT molecular complexity index is 184. The lowest BCUT2D eigenvalue weighted by molar-refractivity contribution is 0.182. The van der Waals surface area contributed by atoms with Crippen LogP contribution in [0.4, 0.5) is 4.79 Å². The SMILES string of the molecule is CCCCNC(=O)NC1(CN)CCC1. The molecule has 0 aromatic heterocycles. The zero-order valence-corrected chi connectivity index (χ0v) is 8.94. The van der Waals surface area contributed by atoms with E-state index in [1.165, 1.54) is 6.42 Å². The Morgan fingerprint density at radius 3 is 2.64 bits per heavy atom. The lowest BCUT2D eigenvalue weighted by Gasteiger charge is -2.41. The van der Waals surface area contributed by atoms with Crippen molar-refractivity contribution in [1.82, 2.24) is 10.6 Å². The van der Waals surface area contributed by atoms with Gasteiger partial charge in [0, 0.05) is 13.1 Å². The largest absolute Gasteiger partial charge is 0.338 e. The van der Waals surface area contributed by atoms with Gasteiger partial charge < -0.3 is 16.4 Å². The molecule has 0 saturated heterocycles. The van der Waals surface area contributed by atoms with Gasteiger partial charge in [-0.15, -0.1) is 0 Å². The lowest BCUT2D eigenvalue weighted by atomic mass is 9.77. The van der Waals surface area contributed by atoms with E-state index in [0.717, 1.165) is 32.2 Å². The highest BCUT2D eigenvalue weighted by atomic mass is 16.2. The molecule has 1 fully saturated rings. The predicted octanol–water partition coefficient (Wildman–Crippen LogP) is 0.967. The van der Waals surface area contributed by atoms with Gasteiger partial charge in [-0.1, -0.05) is 13.3 Å². The number of nitrogens with one attached hydrogen (secondary N) is 2. The fourth-order valence-corrected chi connectivity index (χ4v) is 1.65. The van der Waals surface area contributed by atoms with Crippen molar-refractivity contribution in [2.45, 2.75) is 44.6 Å². The van der Waals surface area contributed by atoms with Gasteiger partial charge in [0.15, 0.2) is 0 Å². The second-order valence-electron chi connectivity index (χ2n) is 4.07. The zero-order chi connectivity index (χ0) is 10.4. The highest BCUT2D eigenvalue weighted by Crippen LogP contribution is 2.30. The molecule has 0 heterocycles.